The summed E-state index contributed by atoms with van der Waals surface area (Å²) in [6.07, 6.45) is -4.57. The van der Waals surface area contributed by atoms with E-state index < -0.39 is 30.0 Å². The van der Waals surface area contributed by atoms with Gasteiger partial charge in [0.1, 0.15) is 0 Å². The molecule has 0 fully saturated rings. The van der Waals surface area contributed by atoms with Gasteiger partial charge in [-0.3, -0.25) is 24.7 Å². The van der Waals surface area contributed by atoms with E-state index in [1.54, 1.807) is 12.4 Å². The number of nitrogens with zero attached hydrogens (tertiary/aromatic N) is 3. The number of alkyl halides is 3. The maximum atomic E-state index is 13.5. The highest BCUT2D eigenvalue weighted by molar-refractivity contribution is 5.93. The zero-order valence-corrected chi connectivity index (χ0v) is 15.2. The van der Waals surface area contributed by atoms with Crippen LogP contribution in [-0.4, -0.2) is 39.0 Å². The monoisotopic (exact) mass is 397 g/mol. The second kappa shape index (κ2) is 8.74. The summed E-state index contributed by atoms with van der Waals surface area (Å²) < 4.78 is 40.6. The van der Waals surface area contributed by atoms with Crippen LogP contribution in [-0.2, 0) is 9.63 Å². The van der Waals surface area contributed by atoms with E-state index in [4.69, 9.17) is 4.84 Å². The van der Waals surface area contributed by atoms with E-state index in [1.165, 1.54) is 44.4 Å². The standard InChI is InChI=1S/C17H18F3N5O3/c1-9-7-13(24-16(22-9)23-11(3)26)10(2)14(17(18,19)20)28-25-15(27)12-5-4-6-21-8-12/h4-8,10,14H,1-3H3,(H,25,27)(H,22,23,24,26). The third-order valence-corrected chi connectivity index (χ3v) is 3.61. The molecule has 0 aromatic carbocycles. The number of rotatable bonds is 6. The third kappa shape index (κ3) is 5.71. The van der Waals surface area contributed by atoms with Gasteiger partial charge in [-0.2, -0.15) is 13.2 Å². The molecule has 0 radical (unpaired) electrons. The number of amides is 2. The lowest BCUT2D eigenvalue weighted by Crippen LogP contribution is -2.42. The van der Waals surface area contributed by atoms with Crippen LogP contribution in [0.25, 0.3) is 0 Å². The van der Waals surface area contributed by atoms with Crippen LogP contribution in [0.3, 0.4) is 0 Å². The molecule has 2 rings (SSSR count). The van der Waals surface area contributed by atoms with Crippen molar-refractivity contribution in [1.29, 1.82) is 0 Å². The molecule has 2 atom stereocenters. The number of pyridine rings is 1. The van der Waals surface area contributed by atoms with Gasteiger partial charge in [0, 0.05) is 30.9 Å². The van der Waals surface area contributed by atoms with Crippen LogP contribution in [0, 0.1) is 6.92 Å². The molecule has 2 N–H and O–H groups in total. The minimum absolute atomic E-state index is 0.00537. The summed E-state index contributed by atoms with van der Waals surface area (Å²) in [7, 11) is 0. The number of anilines is 1. The van der Waals surface area contributed by atoms with Gasteiger partial charge >= 0.3 is 6.18 Å². The average molecular weight is 397 g/mol. The van der Waals surface area contributed by atoms with E-state index in [-0.39, 0.29) is 17.2 Å². The number of aromatic nitrogens is 3. The molecule has 0 spiro atoms. The highest BCUT2D eigenvalue weighted by atomic mass is 19.4. The highest BCUT2D eigenvalue weighted by Crippen LogP contribution is 2.33. The van der Waals surface area contributed by atoms with Crippen LogP contribution in [0.1, 0.15) is 41.5 Å². The van der Waals surface area contributed by atoms with Crippen molar-refractivity contribution in [3.05, 3.63) is 47.5 Å². The Morgan fingerprint density at radius 1 is 1.25 bits per heavy atom. The van der Waals surface area contributed by atoms with Crippen LogP contribution in [0.15, 0.2) is 30.6 Å². The number of carbonyl (C=O) groups is 2. The molecule has 11 heteroatoms. The molecule has 0 aliphatic rings. The molecular weight excluding hydrogens is 379 g/mol. The first kappa shape index (κ1) is 21.2. The predicted molar refractivity (Wildman–Crippen MR) is 92.1 cm³/mol. The SMILES string of the molecule is CC(=O)Nc1nc(C)cc(C(C)C(ONC(=O)c2cccnc2)C(F)(F)F)n1. The minimum Gasteiger partial charge on any atom is -0.295 e. The fraction of sp³-hybridized carbons (Fsp3) is 0.353. The molecule has 2 aromatic rings. The van der Waals surface area contributed by atoms with E-state index in [0.717, 1.165) is 0 Å². The number of nitrogens with one attached hydrogen (secondary N) is 2. The summed E-state index contributed by atoms with van der Waals surface area (Å²) in [6.45, 7) is 4.02. The van der Waals surface area contributed by atoms with Gasteiger partial charge in [0.05, 0.1) is 11.3 Å². The van der Waals surface area contributed by atoms with Crippen LogP contribution in [0.2, 0.25) is 0 Å². The average Bonchev–Trinajstić information content (AvgIpc) is 2.60. The molecule has 0 bridgehead atoms. The maximum absolute atomic E-state index is 13.5. The number of carbonyl (C=O) groups excluding carboxylic acids is 2. The molecule has 2 heterocycles. The Labute approximate surface area is 158 Å². The van der Waals surface area contributed by atoms with Gasteiger partial charge in [-0.15, -0.1) is 0 Å². The van der Waals surface area contributed by atoms with Gasteiger partial charge in [0.2, 0.25) is 11.9 Å². The lowest BCUT2D eigenvalue weighted by molar-refractivity contribution is -0.238. The van der Waals surface area contributed by atoms with Gasteiger partial charge < -0.3 is 0 Å². The first-order valence-electron chi connectivity index (χ1n) is 8.14. The Balaban J connectivity index is 2.22. The lowest BCUT2D eigenvalue weighted by atomic mass is 9.99. The largest absolute Gasteiger partial charge is 0.417 e. The maximum Gasteiger partial charge on any atom is 0.417 e. The Morgan fingerprint density at radius 3 is 2.54 bits per heavy atom. The van der Waals surface area contributed by atoms with Gasteiger partial charge in [0.15, 0.2) is 6.10 Å². The van der Waals surface area contributed by atoms with Gasteiger partial charge in [-0.1, -0.05) is 6.92 Å². The predicted octanol–water partition coefficient (Wildman–Crippen LogP) is 2.53. The quantitative estimate of drug-likeness (QED) is 0.726. The molecule has 2 aromatic heterocycles. The molecule has 0 saturated carbocycles. The van der Waals surface area contributed by atoms with Crippen molar-refractivity contribution >= 4 is 17.8 Å². The Kier molecular flexibility index (Phi) is 6.62. The van der Waals surface area contributed by atoms with E-state index in [0.29, 0.717) is 5.69 Å². The summed E-state index contributed by atoms with van der Waals surface area (Å²) >= 11 is 0. The summed E-state index contributed by atoms with van der Waals surface area (Å²) in [5, 5.41) is 2.33. The van der Waals surface area contributed by atoms with Crippen molar-refractivity contribution in [3.8, 4) is 0 Å². The first-order valence-corrected chi connectivity index (χ1v) is 8.14. The van der Waals surface area contributed by atoms with Crippen molar-refractivity contribution in [2.24, 2.45) is 0 Å². The molecule has 8 nitrogen and oxygen atoms in total. The van der Waals surface area contributed by atoms with E-state index in [1.807, 2.05) is 0 Å². The Morgan fingerprint density at radius 2 is 1.96 bits per heavy atom. The second-order valence-electron chi connectivity index (χ2n) is 5.98. The summed E-state index contributed by atoms with van der Waals surface area (Å²) in [4.78, 5) is 39.4. The Hall–Kier alpha value is -3.08. The molecule has 2 amide bonds. The molecule has 0 aliphatic heterocycles. The number of hydrogen-bond donors (Lipinski definition) is 2. The van der Waals surface area contributed by atoms with Gasteiger partial charge in [0.25, 0.3) is 5.91 Å². The number of aryl methyl sites for hydroxylation is 1. The zero-order chi connectivity index (χ0) is 20.9. The summed E-state index contributed by atoms with van der Waals surface area (Å²) in [5.74, 6) is -2.75. The minimum atomic E-state index is -4.80. The number of hydroxylamine groups is 1. The van der Waals surface area contributed by atoms with Gasteiger partial charge in [-0.05, 0) is 25.1 Å². The summed E-state index contributed by atoms with van der Waals surface area (Å²) in [5.41, 5.74) is 2.21. The number of hydrogen-bond acceptors (Lipinski definition) is 6. The summed E-state index contributed by atoms with van der Waals surface area (Å²) in [6, 6.07) is 4.19. The van der Waals surface area contributed by atoms with E-state index >= 15 is 0 Å². The first-order chi connectivity index (χ1) is 13.1. The van der Waals surface area contributed by atoms with Crippen LogP contribution in [0.5, 0.6) is 0 Å². The fourth-order valence-corrected chi connectivity index (χ4v) is 2.32. The molecule has 28 heavy (non-hydrogen) atoms. The second-order valence-corrected chi connectivity index (χ2v) is 5.98. The fourth-order valence-electron chi connectivity index (χ4n) is 2.32. The van der Waals surface area contributed by atoms with Crippen LogP contribution < -0.4 is 10.8 Å². The van der Waals surface area contributed by atoms with Crippen molar-refractivity contribution in [3.63, 3.8) is 0 Å². The molecule has 0 saturated heterocycles. The molecular formula is C17H18F3N5O3. The van der Waals surface area contributed by atoms with E-state index in [2.05, 4.69) is 20.3 Å². The lowest BCUT2D eigenvalue weighted by Gasteiger charge is -2.26. The van der Waals surface area contributed by atoms with Crippen molar-refractivity contribution in [2.45, 2.75) is 39.0 Å². The molecule has 150 valence electrons. The Bertz CT molecular complexity index is 846. The van der Waals surface area contributed by atoms with Crippen molar-refractivity contribution in [1.82, 2.24) is 20.4 Å². The molecule has 0 aliphatic carbocycles. The normalized spacial score (nSPS) is 13.5. The third-order valence-electron chi connectivity index (χ3n) is 3.61. The number of halogens is 3. The zero-order valence-electron chi connectivity index (χ0n) is 15.2. The van der Waals surface area contributed by atoms with Crippen molar-refractivity contribution in [2.75, 3.05) is 5.32 Å². The van der Waals surface area contributed by atoms with E-state index in [9.17, 15) is 22.8 Å². The highest BCUT2D eigenvalue weighted by Gasteiger charge is 2.46. The smallest absolute Gasteiger partial charge is 0.295 e. The van der Waals surface area contributed by atoms with Crippen LogP contribution in [0.4, 0.5) is 19.1 Å². The topological polar surface area (TPSA) is 106 Å². The van der Waals surface area contributed by atoms with Crippen molar-refractivity contribution < 1.29 is 27.6 Å². The van der Waals surface area contributed by atoms with Crippen LogP contribution >= 0.6 is 0 Å². The van der Waals surface area contributed by atoms with Gasteiger partial charge in [-0.25, -0.2) is 15.4 Å². The molecule has 2 unspecified atom stereocenters.